The number of hydrogen-bond donors (Lipinski definition) is 1. The summed E-state index contributed by atoms with van der Waals surface area (Å²) in [5, 5.41) is 0.249. The van der Waals surface area contributed by atoms with Crippen molar-refractivity contribution >= 4 is 27.3 Å². The molecular weight excluding hydrogens is 302 g/mol. The van der Waals surface area contributed by atoms with Gasteiger partial charge in [0.15, 0.2) is 11.5 Å². The first kappa shape index (κ1) is 14.8. The van der Waals surface area contributed by atoms with Gasteiger partial charge in [-0.05, 0) is 0 Å². The lowest BCUT2D eigenvalue weighted by Crippen LogP contribution is -2.16. The number of terminal acetylenes is 1. The number of hydrogen-bond acceptors (Lipinski definition) is 4. The van der Waals surface area contributed by atoms with Crippen molar-refractivity contribution in [1.82, 2.24) is 0 Å². The van der Waals surface area contributed by atoms with Crippen LogP contribution in [0.4, 0.5) is 5.69 Å². The summed E-state index contributed by atoms with van der Waals surface area (Å²) in [6.07, 6.45) is 5.96. The molecule has 0 radical (unpaired) electrons. The number of sulfonamides is 1. The Kier molecular flexibility index (Phi) is 4.63. The third-order valence-electron chi connectivity index (χ3n) is 2.62. The van der Waals surface area contributed by atoms with E-state index in [-0.39, 0.29) is 22.9 Å². The number of benzene rings is 1. The van der Waals surface area contributed by atoms with Gasteiger partial charge in [0.1, 0.15) is 0 Å². The largest absolute Gasteiger partial charge is 0.490 e. The fourth-order valence-corrected chi connectivity index (χ4v) is 2.92. The Balaban J connectivity index is 2.25. The van der Waals surface area contributed by atoms with Crippen molar-refractivity contribution in [3.63, 3.8) is 0 Å². The van der Waals surface area contributed by atoms with E-state index in [0.717, 1.165) is 6.42 Å². The molecule has 20 heavy (non-hydrogen) atoms. The average Bonchev–Trinajstić information content (AvgIpc) is 2.61. The highest BCUT2D eigenvalue weighted by Gasteiger charge is 2.17. The van der Waals surface area contributed by atoms with Crippen molar-refractivity contribution in [2.75, 3.05) is 23.7 Å². The molecule has 0 amide bonds. The summed E-state index contributed by atoms with van der Waals surface area (Å²) in [7, 11) is -3.53. The van der Waals surface area contributed by atoms with Crippen LogP contribution in [0.1, 0.15) is 12.8 Å². The smallest absolute Gasteiger partial charge is 0.233 e. The van der Waals surface area contributed by atoms with E-state index in [2.05, 4.69) is 10.6 Å². The van der Waals surface area contributed by atoms with Gasteiger partial charge < -0.3 is 9.47 Å². The zero-order valence-corrected chi connectivity index (χ0v) is 12.3. The first-order valence-electron chi connectivity index (χ1n) is 6.05. The molecular formula is C13H14ClNO4S. The third-order valence-corrected chi connectivity index (χ3v) is 4.20. The summed E-state index contributed by atoms with van der Waals surface area (Å²) in [6.45, 7) is 1.05. The summed E-state index contributed by atoms with van der Waals surface area (Å²) in [4.78, 5) is 0. The molecule has 1 aromatic rings. The number of ether oxygens (including phenoxy) is 2. The molecule has 0 saturated carbocycles. The standard InChI is InChI=1S/C13H14ClNO4S/c1-2-3-7-20(16,17)15-11-9-13-12(8-10(11)14)18-5-4-6-19-13/h1,8-9,15H,3-7H2. The van der Waals surface area contributed by atoms with Crippen molar-refractivity contribution in [3.05, 3.63) is 17.2 Å². The van der Waals surface area contributed by atoms with Crippen LogP contribution in [-0.4, -0.2) is 27.4 Å². The first-order chi connectivity index (χ1) is 9.52. The number of anilines is 1. The second-order valence-electron chi connectivity index (χ2n) is 4.20. The van der Waals surface area contributed by atoms with Crippen molar-refractivity contribution in [3.8, 4) is 23.8 Å². The Morgan fingerprint density at radius 1 is 1.30 bits per heavy atom. The van der Waals surface area contributed by atoms with E-state index < -0.39 is 10.0 Å². The minimum absolute atomic E-state index is 0.136. The highest BCUT2D eigenvalue weighted by atomic mass is 35.5. The monoisotopic (exact) mass is 315 g/mol. The zero-order valence-electron chi connectivity index (χ0n) is 10.7. The lowest BCUT2D eigenvalue weighted by Gasteiger charge is -2.13. The van der Waals surface area contributed by atoms with Gasteiger partial charge in [0.25, 0.3) is 0 Å². The Morgan fingerprint density at radius 2 is 1.95 bits per heavy atom. The van der Waals surface area contributed by atoms with E-state index in [0.29, 0.717) is 24.7 Å². The Morgan fingerprint density at radius 3 is 2.60 bits per heavy atom. The van der Waals surface area contributed by atoms with E-state index >= 15 is 0 Å². The second-order valence-corrected chi connectivity index (χ2v) is 6.45. The lowest BCUT2D eigenvalue weighted by atomic mass is 10.3. The quantitative estimate of drug-likeness (QED) is 0.866. The van der Waals surface area contributed by atoms with E-state index in [9.17, 15) is 8.42 Å². The van der Waals surface area contributed by atoms with Crippen LogP contribution in [0.15, 0.2) is 12.1 Å². The van der Waals surface area contributed by atoms with Crippen molar-refractivity contribution in [2.24, 2.45) is 0 Å². The summed E-state index contributed by atoms with van der Waals surface area (Å²) in [5.41, 5.74) is 0.257. The molecule has 0 spiro atoms. The van der Waals surface area contributed by atoms with Gasteiger partial charge in [0, 0.05) is 25.0 Å². The van der Waals surface area contributed by atoms with Crippen LogP contribution in [0.3, 0.4) is 0 Å². The van der Waals surface area contributed by atoms with Crippen molar-refractivity contribution < 1.29 is 17.9 Å². The molecule has 1 aromatic carbocycles. The van der Waals surface area contributed by atoms with E-state index in [1.54, 1.807) is 6.07 Å². The summed E-state index contributed by atoms with van der Waals surface area (Å²) in [6, 6.07) is 3.07. The van der Waals surface area contributed by atoms with Gasteiger partial charge in [-0.1, -0.05) is 11.6 Å². The van der Waals surface area contributed by atoms with Gasteiger partial charge in [-0.3, -0.25) is 4.72 Å². The molecule has 1 heterocycles. The molecule has 0 fully saturated rings. The molecule has 108 valence electrons. The van der Waals surface area contributed by atoms with Gasteiger partial charge in [0.2, 0.25) is 10.0 Å². The van der Waals surface area contributed by atoms with Crippen LogP contribution in [-0.2, 0) is 10.0 Å². The molecule has 1 aliphatic heterocycles. The Hall–Kier alpha value is -1.58. The number of rotatable bonds is 4. The van der Waals surface area contributed by atoms with Gasteiger partial charge in [-0.2, -0.15) is 0 Å². The predicted octanol–water partition coefficient (Wildman–Crippen LogP) is 2.27. The maximum atomic E-state index is 11.8. The first-order valence-corrected chi connectivity index (χ1v) is 8.08. The van der Waals surface area contributed by atoms with Crippen LogP contribution in [0.5, 0.6) is 11.5 Å². The van der Waals surface area contributed by atoms with Crippen LogP contribution in [0.2, 0.25) is 5.02 Å². The van der Waals surface area contributed by atoms with E-state index in [1.165, 1.54) is 6.07 Å². The maximum Gasteiger partial charge on any atom is 0.233 e. The molecule has 1 N–H and O–H groups in total. The Labute approximate surface area is 123 Å². The van der Waals surface area contributed by atoms with Gasteiger partial charge >= 0.3 is 0 Å². The van der Waals surface area contributed by atoms with E-state index in [4.69, 9.17) is 27.5 Å². The topological polar surface area (TPSA) is 64.6 Å². The van der Waals surface area contributed by atoms with Gasteiger partial charge in [-0.25, -0.2) is 8.42 Å². The fraction of sp³-hybridized carbons (Fsp3) is 0.385. The van der Waals surface area contributed by atoms with Crippen LogP contribution < -0.4 is 14.2 Å². The zero-order chi connectivity index (χ0) is 14.6. The van der Waals surface area contributed by atoms with Crippen molar-refractivity contribution in [1.29, 1.82) is 0 Å². The molecule has 0 aromatic heterocycles. The maximum absolute atomic E-state index is 11.8. The minimum Gasteiger partial charge on any atom is -0.490 e. The molecule has 0 bridgehead atoms. The van der Waals surface area contributed by atoms with E-state index in [1.807, 2.05) is 0 Å². The fourth-order valence-electron chi connectivity index (χ4n) is 1.67. The molecule has 0 unspecified atom stereocenters. The molecule has 7 heteroatoms. The third kappa shape index (κ3) is 3.71. The summed E-state index contributed by atoms with van der Waals surface area (Å²) < 4.78 is 37.0. The normalized spacial score (nSPS) is 14.2. The molecule has 2 rings (SSSR count). The predicted molar refractivity (Wildman–Crippen MR) is 77.9 cm³/mol. The molecule has 5 nitrogen and oxygen atoms in total. The minimum atomic E-state index is -3.53. The second kappa shape index (κ2) is 6.25. The SMILES string of the molecule is C#CCCS(=O)(=O)Nc1cc2c(cc1Cl)OCCCO2. The van der Waals surface area contributed by atoms with Crippen molar-refractivity contribution in [2.45, 2.75) is 12.8 Å². The number of halogens is 1. The number of nitrogens with one attached hydrogen (secondary N) is 1. The van der Waals surface area contributed by atoms with Crippen LogP contribution in [0.25, 0.3) is 0 Å². The Bertz CT molecular complexity index is 637. The molecule has 1 aliphatic rings. The molecule has 0 saturated heterocycles. The summed E-state index contributed by atoms with van der Waals surface area (Å²) >= 11 is 6.05. The summed E-state index contributed by atoms with van der Waals surface area (Å²) in [5.74, 6) is 3.11. The highest BCUT2D eigenvalue weighted by Crippen LogP contribution is 2.38. The lowest BCUT2D eigenvalue weighted by molar-refractivity contribution is 0.297. The van der Waals surface area contributed by atoms with Crippen LogP contribution >= 0.6 is 11.6 Å². The molecule has 0 aliphatic carbocycles. The number of fused-ring (bicyclic) bond motifs is 1. The highest BCUT2D eigenvalue weighted by molar-refractivity contribution is 7.92. The average molecular weight is 316 g/mol. The van der Waals surface area contributed by atoms with Crippen LogP contribution in [0, 0.1) is 12.3 Å². The van der Waals surface area contributed by atoms with Gasteiger partial charge in [0.05, 0.1) is 29.7 Å². The van der Waals surface area contributed by atoms with Gasteiger partial charge in [-0.15, -0.1) is 12.3 Å². The molecule has 0 atom stereocenters.